The quantitative estimate of drug-likeness (QED) is 0.617. The van der Waals surface area contributed by atoms with Crippen LogP contribution >= 0.6 is 11.6 Å². The third-order valence-corrected chi connectivity index (χ3v) is 5.69. The van der Waals surface area contributed by atoms with Crippen LogP contribution in [-0.2, 0) is 0 Å². The van der Waals surface area contributed by atoms with E-state index in [0.717, 1.165) is 37.0 Å². The Labute approximate surface area is 171 Å². The van der Waals surface area contributed by atoms with Crippen LogP contribution in [0.4, 0.5) is 20.3 Å². The van der Waals surface area contributed by atoms with Crippen molar-refractivity contribution >= 4 is 28.8 Å². The Morgan fingerprint density at radius 3 is 2.90 bits per heavy atom. The highest BCUT2D eigenvalue weighted by molar-refractivity contribution is 6.31. The zero-order valence-electron chi connectivity index (χ0n) is 15.5. The Morgan fingerprint density at radius 2 is 2.07 bits per heavy atom. The van der Waals surface area contributed by atoms with Gasteiger partial charge in [-0.25, -0.2) is 18.3 Å². The van der Waals surface area contributed by atoms with Gasteiger partial charge in [0.2, 0.25) is 0 Å². The Morgan fingerprint density at radius 1 is 1.17 bits per heavy atom. The second-order valence-electron chi connectivity index (χ2n) is 7.16. The van der Waals surface area contributed by atoms with Gasteiger partial charge < -0.3 is 9.80 Å². The Hall–Kier alpha value is -2.93. The number of hydrogen-bond acceptors (Lipinski definition) is 4. The maximum Gasteiger partial charge on any atom is 0.181 e. The normalized spacial score (nSPS) is 19.3. The molecule has 29 heavy (non-hydrogen) atoms. The molecule has 8 heteroatoms. The van der Waals surface area contributed by atoms with Gasteiger partial charge in [0.05, 0.1) is 12.2 Å². The molecule has 0 spiro atoms. The Bertz CT molecular complexity index is 1140. The molecule has 0 saturated carbocycles. The second kappa shape index (κ2) is 7.15. The summed E-state index contributed by atoms with van der Waals surface area (Å²) in [5.74, 6) is -0.102. The third-order valence-electron chi connectivity index (χ3n) is 5.41. The zero-order valence-corrected chi connectivity index (χ0v) is 16.2. The molecule has 0 unspecified atom stereocenters. The third kappa shape index (κ3) is 3.25. The summed E-state index contributed by atoms with van der Waals surface area (Å²) < 4.78 is 29.8. The molecule has 2 aromatic heterocycles. The first-order valence-corrected chi connectivity index (χ1v) is 9.84. The van der Waals surface area contributed by atoms with Gasteiger partial charge in [0.15, 0.2) is 5.65 Å². The molecule has 1 atom stereocenters. The molecule has 0 amide bonds. The van der Waals surface area contributed by atoms with Crippen molar-refractivity contribution < 1.29 is 8.78 Å². The fourth-order valence-electron chi connectivity index (χ4n) is 4.00. The van der Waals surface area contributed by atoms with Crippen LogP contribution < -0.4 is 9.80 Å². The molecule has 148 valence electrons. The maximum absolute atomic E-state index is 14.4. The van der Waals surface area contributed by atoms with Gasteiger partial charge in [-0.1, -0.05) is 11.6 Å². The molecule has 5 nitrogen and oxygen atoms in total. The number of rotatable bonds is 3. The minimum Gasteiger partial charge on any atom is -0.349 e. The van der Waals surface area contributed by atoms with Gasteiger partial charge in [-0.15, -0.1) is 0 Å². The first-order chi connectivity index (χ1) is 14.1. The van der Waals surface area contributed by atoms with Gasteiger partial charge in [-0.05, 0) is 49.3 Å². The van der Waals surface area contributed by atoms with E-state index in [2.05, 4.69) is 5.10 Å². The van der Waals surface area contributed by atoms with E-state index in [0.29, 0.717) is 22.8 Å². The molecule has 0 bridgehead atoms. The lowest BCUT2D eigenvalue weighted by Crippen LogP contribution is -2.25. The first-order valence-electron chi connectivity index (χ1n) is 9.46. The smallest absolute Gasteiger partial charge is 0.181 e. The number of anilines is 2. The van der Waals surface area contributed by atoms with Crippen molar-refractivity contribution in [2.45, 2.75) is 18.9 Å². The minimum absolute atomic E-state index is 0.247. The SMILES string of the molecule is Fc1ccc(F)c([C@H]2CCCN2c2ccn3ncc(N4C=CC(Cl)=CC4)c3n2)c1. The summed E-state index contributed by atoms with van der Waals surface area (Å²) in [7, 11) is 0. The van der Waals surface area contributed by atoms with Crippen LogP contribution in [0.5, 0.6) is 0 Å². The topological polar surface area (TPSA) is 36.7 Å². The molecule has 5 rings (SSSR count). The molecule has 2 aliphatic rings. The average molecular weight is 414 g/mol. The number of nitrogens with zero attached hydrogens (tertiary/aromatic N) is 5. The second-order valence-corrected chi connectivity index (χ2v) is 7.59. The molecular weight excluding hydrogens is 396 g/mol. The highest BCUT2D eigenvalue weighted by atomic mass is 35.5. The minimum atomic E-state index is -0.432. The van der Waals surface area contributed by atoms with Crippen molar-refractivity contribution in [2.75, 3.05) is 22.9 Å². The lowest BCUT2D eigenvalue weighted by atomic mass is 10.0. The summed E-state index contributed by atoms with van der Waals surface area (Å²) in [5.41, 5.74) is 1.93. The summed E-state index contributed by atoms with van der Waals surface area (Å²) in [5, 5.41) is 5.08. The highest BCUT2D eigenvalue weighted by Gasteiger charge is 2.30. The van der Waals surface area contributed by atoms with Crippen LogP contribution in [0.25, 0.3) is 5.65 Å². The average Bonchev–Trinajstić information content (AvgIpc) is 3.37. The number of benzene rings is 1. The van der Waals surface area contributed by atoms with Crippen LogP contribution in [0.2, 0.25) is 0 Å². The molecule has 0 N–H and O–H groups in total. The standard InChI is InChI=1S/C21H18ClF2N5/c22-14-5-9-27(10-6-14)19-13-25-29-11-7-20(26-21(19)29)28-8-1-2-18(28)16-12-15(23)3-4-17(16)24/h3-7,9,11-13,18H,1-2,8,10H2/t18-/m1/s1. The molecule has 2 aliphatic heterocycles. The van der Waals surface area contributed by atoms with Gasteiger partial charge in [0.1, 0.15) is 23.1 Å². The van der Waals surface area contributed by atoms with Crippen molar-refractivity contribution in [1.82, 2.24) is 14.6 Å². The van der Waals surface area contributed by atoms with E-state index in [9.17, 15) is 8.78 Å². The van der Waals surface area contributed by atoms with Crippen LogP contribution in [0.3, 0.4) is 0 Å². The van der Waals surface area contributed by atoms with Gasteiger partial charge in [0, 0.05) is 36.1 Å². The van der Waals surface area contributed by atoms with Crippen molar-refractivity contribution in [1.29, 1.82) is 0 Å². The molecule has 0 aliphatic carbocycles. The summed E-state index contributed by atoms with van der Waals surface area (Å²) in [4.78, 5) is 8.87. The largest absolute Gasteiger partial charge is 0.349 e. The van der Waals surface area contributed by atoms with E-state index in [1.165, 1.54) is 12.1 Å². The van der Waals surface area contributed by atoms with Crippen LogP contribution in [0, 0.1) is 11.6 Å². The van der Waals surface area contributed by atoms with E-state index in [1.807, 2.05) is 40.4 Å². The lowest BCUT2D eigenvalue weighted by Gasteiger charge is -2.27. The number of allylic oxidation sites excluding steroid dienone is 2. The van der Waals surface area contributed by atoms with Crippen molar-refractivity contribution in [3.05, 3.63) is 77.2 Å². The highest BCUT2D eigenvalue weighted by Crippen LogP contribution is 2.37. The lowest BCUT2D eigenvalue weighted by molar-refractivity contribution is 0.560. The molecular formula is C21H18ClF2N5. The van der Waals surface area contributed by atoms with Crippen molar-refractivity contribution in [3.8, 4) is 0 Å². The number of fused-ring (bicyclic) bond motifs is 1. The van der Waals surface area contributed by atoms with Gasteiger partial charge in [-0.2, -0.15) is 5.10 Å². The first kappa shape index (κ1) is 18.1. The fourth-order valence-corrected chi connectivity index (χ4v) is 4.12. The van der Waals surface area contributed by atoms with Crippen molar-refractivity contribution in [2.24, 2.45) is 0 Å². The van der Waals surface area contributed by atoms with Crippen LogP contribution in [-0.4, -0.2) is 27.7 Å². The van der Waals surface area contributed by atoms with E-state index >= 15 is 0 Å². The van der Waals surface area contributed by atoms with Gasteiger partial charge >= 0.3 is 0 Å². The zero-order chi connectivity index (χ0) is 20.0. The maximum atomic E-state index is 14.4. The van der Waals surface area contributed by atoms with Crippen LogP contribution in [0.15, 0.2) is 60.0 Å². The van der Waals surface area contributed by atoms with E-state index in [-0.39, 0.29) is 6.04 Å². The Balaban J connectivity index is 1.52. The predicted octanol–water partition coefficient (Wildman–Crippen LogP) is 4.81. The summed E-state index contributed by atoms with van der Waals surface area (Å²) >= 11 is 6.02. The Kier molecular flexibility index (Phi) is 4.47. The number of halogens is 3. The van der Waals surface area contributed by atoms with Gasteiger partial charge in [0.25, 0.3) is 0 Å². The summed E-state index contributed by atoms with van der Waals surface area (Å²) in [6.07, 6.45) is 10.9. The summed E-state index contributed by atoms with van der Waals surface area (Å²) in [6.45, 7) is 1.36. The predicted molar refractivity (Wildman–Crippen MR) is 109 cm³/mol. The molecule has 1 fully saturated rings. The fraction of sp³-hybridized carbons (Fsp3) is 0.238. The molecule has 4 heterocycles. The van der Waals surface area contributed by atoms with Gasteiger partial charge in [-0.3, -0.25) is 0 Å². The van der Waals surface area contributed by atoms with E-state index in [1.54, 1.807) is 10.7 Å². The molecule has 1 saturated heterocycles. The van der Waals surface area contributed by atoms with Crippen molar-refractivity contribution in [3.63, 3.8) is 0 Å². The van der Waals surface area contributed by atoms with E-state index in [4.69, 9.17) is 16.6 Å². The number of aromatic nitrogens is 3. The number of hydrogen-bond donors (Lipinski definition) is 0. The summed E-state index contributed by atoms with van der Waals surface area (Å²) in [6, 6.07) is 5.24. The molecule has 3 aromatic rings. The monoisotopic (exact) mass is 413 g/mol. The van der Waals surface area contributed by atoms with E-state index < -0.39 is 11.6 Å². The van der Waals surface area contributed by atoms with Crippen LogP contribution in [0.1, 0.15) is 24.4 Å². The molecule has 1 aromatic carbocycles. The molecule has 0 radical (unpaired) electrons.